The number of carbonyl (C=O) groups excluding carboxylic acids is 1. The van der Waals surface area contributed by atoms with Crippen LogP contribution in [0.4, 0.5) is 8.78 Å². The number of nitrogens with one attached hydrogen (secondary N) is 1. The Morgan fingerprint density at radius 2 is 2.04 bits per heavy atom. The third-order valence-electron chi connectivity index (χ3n) is 3.44. The van der Waals surface area contributed by atoms with Crippen molar-refractivity contribution < 1.29 is 18.3 Å². The Morgan fingerprint density at radius 3 is 2.69 bits per heavy atom. The molecule has 2 aromatic rings. The van der Waals surface area contributed by atoms with Crippen LogP contribution in [0.25, 0.3) is 11.4 Å². The molecule has 10 heteroatoms. The second-order valence-electron chi connectivity index (χ2n) is 5.42. The van der Waals surface area contributed by atoms with Gasteiger partial charge in [0.15, 0.2) is 5.82 Å². The van der Waals surface area contributed by atoms with Crippen molar-refractivity contribution in [2.45, 2.75) is 38.0 Å². The molecule has 0 saturated heterocycles. The molecule has 1 aromatic heterocycles. The number of nitrogens with two attached hydrogens (primary N) is 1. The molecule has 1 amide bonds. The summed E-state index contributed by atoms with van der Waals surface area (Å²) in [4.78, 5) is 11.8. The van der Waals surface area contributed by atoms with Crippen molar-refractivity contribution in [1.29, 1.82) is 0 Å². The molecule has 142 valence electrons. The lowest BCUT2D eigenvalue weighted by Gasteiger charge is -2.06. The van der Waals surface area contributed by atoms with Gasteiger partial charge in [0.1, 0.15) is 5.75 Å². The van der Waals surface area contributed by atoms with E-state index in [9.17, 15) is 13.6 Å². The van der Waals surface area contributed by atoms with E-state index >= 15 is 0 Å². The first-order chi connectivity index (χ1) is 12.5. The number of nitrogens with zero attached hydrogens (tertiary/aromatic N) is 3. The first-order valence-electron chi connectivity index (χ1n) is 8.16. The summed E-state index contributed by atoms with van der Waals surface area (Å²) in [6.07, 6.45) is 3.13. The van der Waals surface area contributed by atoms with E-state index in [4.69, 9.17) is 5.84 Å². The van der Waals surface area contributed by atoms with Gasteiger partial charge in [0.2, 0.25) is 11.1 Å². The predicted octanol–water partition coefficient (Wildman–Crippen LogP) is 2.66. The monoisotopic (exact) mass is 385 g/mol. The van der Waals surface area contributed by atoms with Gasteiger partial charge in [0.25, 0.3) is 0 Å². The number of rotatable bonds is 10. The molecule has 7 nitrogen and oxygen atoms in total. The minimum absolute atomic E-state index is 0.0428. The van der Waals surface area contributed by atoms with Crippen LogP contribution in [0.2, 0.25) is 0 Å². The number of ether oxygens (including phenoxy) is 1. The molecular weight excluding hydrogens is 364 g/mol. The van der Waals surface area contributed by atoms with Crippen LogP contribution in [-0.2, 0) is 4.79 Å². The van der Waals surface area contributed by atoms with E-state index in [1.54, 1.807) is 12.1 Å². The van der Waals surface area contributed by atoms with Gasteiger partial charge in [0, 0.05) is 12.1 Å². The second kappa shape index (κ2) is 9.95. The molecule has 0 atom stereocenters. The highest BCUT2D eigenvalue weighted by atomic mass is 32.2. The standard InChI is InChI=1S/C16H21F2N5O2S/c1-2-3-4-9-20-13(24)10-26-16-22-21-14(23(16)19)11-5-7-12(8-6-11)25-15(17)18/h5-8,15H,2-4,9-10,19H2,1H3,(H,20,24). The number of hydrogen-bond acceptors (Lipinski definition) is 6. The van der Waals surface area contributed by atoms with Crippen LogP contribution in [0.15, 0.2) is 29.4 Å². The number of unbranched alkanes of at least 4 members (excludes halogenated alkanes) is 2. The minimum Gasteiger partial charge on any atom is -0.435 e. The number of aromatic nitrogens is 3. The molecule has 0 spiro atoms. The maximum atomic E-state index is 12.2. The van der Waals surface area contributed by atoms with Crippen molar-refractivity contribution >= 4 is 17.7 Å². The van der Waals surface area contributed by atoms with Crippen molar-refractivity contribution in [2.75, 3.05) is 18.1 Å². The Labute approximate surface area is 154 Å². The fraction of sp³-hybridized carbons (Fsp3) is 0.438. The lowest BCUT2D eigenvalue weighted by atomic mass is 10.2. The second-order valence-corrected chi connectivity index (χ2v) is 6.37. The summed E-state index contributed by atoms with van der Waals surface area (Å²) in [5.74, 6) is 6.46. The Morgan fingerprint density at radius 1 is 1.31 bits per heavy atom. The number of amides is 1. The summed E-state index contributed by atoms with van der Waals surface area (Å²) in [5, 5.41) is 11.2. The van der Waals surface area contributed by atoms with Crippen molar-refractivity contribution in [3.8, 4) is 17.1 Å². The van der Waals surface area contributed by atoms with Gasteiger partial charge in [-0.3, -0.25) is 4.79 Å². The smallest absolute Gasteiger partial charge is 0.387 e. The molecule has 1 heterocycles. The zero-order valence-corrected chi connectivity index (χ0v) is 15.1. The van der Waals surface area contributed by atoms with E-state index in [-0.39, 0.29) is 17.4 Å². The summed E-state index contributed by atoms with van der Waals surface area (Å²) < 4.78 is 29.9. The number of hydrogen-bond donors (Lipinski definition) is 2. The molecule has 0 bridgehead atoms. The third kappa shape index (κ3) is 5.87. The molecule has 0 unspecified atom stereocenters. The first-order valence-corrected chi connectivity index (χ1v) is 9.15. The van der Waals surface area contributed by atoms with Gasteiger partial charge in [-0.1, -0.05) is 31.5 Å². The van der Waals surface area contributed by atoms with Gasteiger partial charge in [-0.2, -0.15) is 8.78 Å². The van der Waals surface area contributed by atoms with Gasteiger partial charge in [-0.25, -0.2) is 4.68 Å². The van der Waals surface area contributed by atoms with Gasteiger partial charge in [-0.15, -0.1) is 10.2 Å². The number of alkyl halides is 2. The SMILES string of the molecule is CCCCCNC(=O)CSc1nnc(-c2ccc(OC(F)F)cc2)n1N. The molecule has 0 saturated carbocycles. The van der Waals surface area contributed by atoms with E-state index in [0.717, 1.165) is 19.3 Å². The van der Waals surface area contributed by atoms with Gasteiger partial charge in [-0.05, 0) is 30.7 Å². The highest BCUT2D eigenvalue weighted by molar-refractivity contribution is 7.99. The average Bonchev–Trinajstić information content (AvgIpc) is 2.98. The van der Waals surface area contributed by atoms with Gasteiger partial charge < -0.3 is 15.9 Å². The molecule has 3 N–H and O–H groups in total. The third-order valence-corrected chi connectivity index (χ3v) is 4.38. The van der Waals surface area contributed by atoms with E-state index in [0.29, 0.717) is 23.1 Å². The summed E-state index contributed by atoms with van der Waals surface area (Å²) in [6.45, 7) is -0.126. The molecule has 1 aromatic carbocycles. The number of halogens is 2. The zero-order valence-electron chi connectivity index (χ0n) is 14.3. The summed E-state index contributed by atoms with van der Waals surface area (Å²) in [7, 11) is 0. The Hall–Kier alpha value is -2.36. The van der Waals surface area contributed by atoms with E-state index in [2.05, 4.69) is 27.2 Å². The van der Waals surface area contributed by atoms with Crippen LogP contribution < -0.4 is 15.9 Å². The van der Waals surface area contributed by atoms with E-state index in [1.165, 1.54) is 28.6 Å². The van der Waals surface area contributed by atoms with Crippen molar-refractivity contribution in [2.24, 2.45) is 0 Å². The largest absolute Gasteiger partial charge is 0.435 e. The normalized spacial score (nSPS) is 10.9. The van der Waals surface area contributed by atoms with Crippen LogP contribution in [0, 0.1) is 0 Å². The fourth-order valence-electron chi connectivity index (χ4n) is 2.14. The topological polar surface area (TPSA) is 95.1 Å². The highest BCUT2D eigenvalue weighted by Gasteiger charge is 2.14. The maximum Gasteiger partial charge on any atom is 0.387 e. The van der Waals surface area contributed by atoms with Crippen molar-refractivity contribution in [3.05, 3.63) is 24.3 Å². The summed E-state index contributed by atoms with van der Waals surface area (Å²) >= 11 is 1.17. The molecule has 0 aliphatic rings. The van der Waals surface area contributed by atoms with Gasteiger partial charge >= 0.3 is 6.61 Å². The molecule has 0 fully saturated rings. The average molecular weight is 385 g/mol. The Kier molecular flexibility index (Phi) is 7.64. The molecule has 0 aliphatic carbocycles. The molecule has 2 rings (SSSR count). The Bertz CT molecular complexity index is 709. The van der Waals surface area contributed by atoms with Crippen LogP contribution in [0.1, 0.15) is 26.2 Å². The number of carbonyl (C=O) groups is 1. The lowest BCUT2D eigenvalue weighted by molar-refractivity contribution is -0.118. The van der Waals surface area contributed by atoms with E-state index < -0.39 is 6.61 Å². The van der Waals surface area contributed by atoms with Crippen molar-refractivity contribution in [3.63, 3.8) is 0 Å². The maximum absolute atomic E-state index is 12.2. The van der Waals surface area contributed by atoms with Crippen LogP contribution in [0.3, 0.4) is 0 Å². The number of thioether (sulfide) groups is 1. The molecule has 0 radical (unpaired) electrons. The number of nitrogen functional groups attached to an aromatic ring is 1. The predicted molar refractivity (Wildman–Crippen MR) is 95.5 cm³/mol. The Balaban J connectivity index is 1.91. The minimum atomic E-state index is -2.88. The summed E-state index contributed by atoms with van der Waals surface area (Å²) in [6, 6.07) is 5.90. The quantitative estimate of drug-likeness (QED) is 0.371. The lowest BCUT2D eigenvalue weighted by Crippen LogP contribution is -2.26. The highest BCUT2D eigenvalue weighted by Crippen LogP contribution is 2.24. The molecule has 26 heavy (non-hydrogen) atoms. The molecule has 0 aliphatic heterocycles. The van der Waals surface area contributed by atoms with Crippen LogP contribution >= 0.6 is 11.8 Å². The van der Waals surface area contributed by atoms with Gasteiger partial charge in [0.05, 0.1) is 5.75 Å². The first kappa shape index (κ1) is 20.0. The van der Waals surface area contributed by atoms with Crippen molar-refractivity contribution in [1.82, 2.24) is 20.2 Å². The van der Waals surface area contributed by atoms with E-state index in [1.807, 2.05) is 0 Å². The zero-order chi connectivity index (χ0) is 18.9. The fourth-order valence-corrected chi connectivity index (χ4v) is 2.83. The van der Waals surface area contributed by atoms with Crippen LogP contribution in [0.5, 0.6) is 5.75 Å². The van der Waals surface area contributed by atoms with Crippen LogP contribution in [-0.4, -0.2) is 39.7 Å². The number of benzene rings is 1. The summed E-state index contributed by atoms with van der Waals surface area (Å²) in [5.41, 5.74) is 0.595. The molecular formula is C16H21F2N5O2S.